The van der Waals surface area contributed by atoms with Gasteiger partial charge in [-0.3, -0.25) is 20.4 Å². The maximum absolute atomic E-state index is 10.5. The van der Waals surface area contributed by atoms with Crippen LogP contribution in [0.2, 0.25) is 0 Å². The molecule has 0 radical (unpaired) electrons. The zero-order valence-corrected chi connectivity index (χ0v) is 13.0. The Balaban J connectivity index is 4.82. The maximum atomic E-state index is 10.5. The summed E-state index contributed by atoms with van der Waals surface area (Å²) in [6.45, 7) is 5.46. The first-order chi connectivity index (χ1) is 9.88. The Morgan fingerprint density at radius 1 is 0.864 bits per heavy atom. The molecule has 10 heteroatoms. The van der Waals surface area contributed by atoms with Gasteiger partial charge in [0.25, 0.3) is 0 Å². The summed E-state index contributed by atoms with van der Waals surface area (Å²) in [5, 5.41) is 45.4. The Kier molecular flexibility index (Phi) is 6.62. The molecule has 0 aliphatic rings. The van der Waals surface area contributed by atoms with Gasteiger partial charge in [0.1, 0.15) is 35.8 Å². The lowest BCUT2D eigenvalue weighted by molar-refractivity contribution is -0.136. The monoisotopic (exact) mass is 314 g/mol. The van der Waals surface area contributed by atoms with E-state index in [1.807, 2.05) is 0 Å². The van der Waals surface area contributed by atoms with Crippen molar-refractivity contribution in [3.63, 3.8) is 0 Å². The van der Waals surface area contributed by atoms with E-state index in [0.717, 1.165) is 0 Å². The van der Waals surface area contributed by atoms with E-state index in [9.17, 15) is 9.59 Å². The van der Waals surface area contributed by atoms with E-state index in [2.05, 4.69) is 20.9 Å². The number of carbonyl (C=O) groups is 2. The molecule has 0 rings (SSSR count). The lowest BCUT2D eigenvalue weighted by Gasteiger charge is -2.24. The molecule has 0 atom stereocenters. The van der Waals surface area contributed by atoms with Crippen molar-refractivity contribution in [3.8, 4) is 0 Å². The van der Waals surface area contributed by atoms with Crippen LogP contribution in [0, 0.1) is 10.8 Å². The second-order valence-corrected chi connectivity index (χ2v) is 5.56. The van der Waals surface area contributed by atoms with Crippen LogP contribution in [0.25, 0.3) is 0 Å². The number of carboxylic acids is 2. The van der Waals surface area contributed by atoms with Crippen LogP contribution in [0.15, 0.2) is 10.2 Å². The van der Waals surface area contributed by atoms with Gasteiger partial charge < -0.3 is 20.8 Å². The van der Waals surface area contributed by atoms with Crippen molar-refractivity contribution in [2.75, 3.05) is 13.1 Å². The van der Waals surface area contributed by atoms with Crippen LogP contribution in [0.5, 0.6) is 0 Å². The highest BCUT2D eigenvalue weighted by molar-refractivity contribution is 5.91. The fourth-order valence-corrected chi connectivity index (χ4v) is 1.11. The predicted octanol–water partition coefficient (Wildman–Crippen LogP) is 0.299. The fourth-order valence-electron chi connectivity index (χ4n) is 1.11. The SMILES string of the molecule is CC(C)(N=NC(C)(C)C(=N)NCC(=O)O)C(=N)NCC(=O)O. The standard InChI is InChI=1S/C12H22N6O4/c1-11(2,9(13)15-5-7(19)20)17-18-12(3,4)10(14)16-6-8(21)22/h5-6H2,1-4H3,(H2,13,15)(H2,14,16)(H,19,20)(H,21,22). The lowest BCUT2D eigenvalue weighted by Crippen LogP contribution is -2.44. The molecular formula is C12H22N6O4. The number of aliphatic carboxylic acids is 2. The molecule has 6 N–H and O–H groups in total. The minimum Gasteiger partial charge on any atom is -0.480 e. The summed E-state index contributed by atoms with van der Waals surface area (Å²) < 4.78 is 0. The topological polar surface area (TPSA) is 171 Å². The Morgan fingerprint density at radius 3 is 1.36 bits per heavy atom. The molecule has 22 heavy (non-hydrogen) atoms. The summed E-state index contributed by atoms with van der Waals surface area (Å²) in [7, 11) is 0. The van der Waals surface area contributed by atoms with Crippen LogP contribution >= 0.6 is 0 Å². The van der Waals surface area contributed by atoms with E-state index in [4.69, 9.17) is 21.0 Å². The van der Waals surface area contributed by atoms with Gasteiger partial charge in [0, 0.05) is 0 Å². The van der Waals surface area contributed by atoms with E-state index in [0.29, 0.717) is 0 Å². The number of hydrogen-bond donors (Lipinski definition) is 6. The van der Waals surface area contributed by atoms with Crippen LogP contribution in [-0.2, 0) is 9.59 Å². The van der Waals surface area contributed by atoms with E-state index in [1.54, 1.807) is 27.7 Å². The Hall–Kier alpha value is -2.52. The van der Waals surface area contributed by atoms with Crippen LogP contribution in [-0.4, -0.2) is 58.0 Å². The molecule has 0 aliphatic heterocycles. The second-order valence-electron chi connectivity index (χ2n) is 5.56. The van der Waals surface area contributed by atoms with Crippen molar-refractivity contribution in [1.82, 2.24) is 10.6 Å². The summed E-state index contributed by atoms with van der Waals surface area (Å²) >= 11 is 0. The first-order valence-electron chi connectivity index (χ1n) is 6.42. The fraction of sp³-hybridized carbons (Fsp3) is 0.667. The molecule has 0 amide bonds. The summed E-state index contributed by atoms with van der Waals surface area (Å²) in [6, 6.07) is 0. The van der Waals surface area contributed by atoms with Crippen molar-refractivity contribution in [1.29, 1.82) is 10.8 Å². The van der Waals surface area contributed by atoms with Crippen molar-refractivity contribution >= 4 is 23.6 Å². The van der Waals surface area contributed by atoms with Crippen LogP contribution in [0.4, 0.5) is 0 Å². The van der Waals surface area contributed by atoms with Gasteiger partial charge in [-0.2, -0.15) is 10.2 Å². The molecule has 124 valence electrons. The van der Waals surface area contributed by atoms with E-state index in [-0.39, 0.29) is 11.7 Å². The molecule has 0 aromatic heterocycles. The predicted molar refractivity (Wildman–Crippen MR) is 79.7 cm³/mol. The van der Waals surface area contributed by atoms with Crippen molar-refractivity contribution in [2.24, 2.45) is 10.2 Å². The third-order valence-electron chi connectivity index (χ3n) is 2.61. The number of hydrogen-bond acceptors (Lipinski definition) is 6. The zero-order chi connectivity index (χ0) is 17.6. The van der Waals surface area contributed by atoms with E-state index < -0.39 is 36.1 Å². The van der Waals surface area contributed by atoms with Gasteiger partial charge in [0.15, 0.2) is 0 Å². The number of amidine groups is 2. The third kappa shape index (κ3) is 6.77. The quantitative estimate of drug-likeness (QED) is 0.213. The number of azo groups is 1. The Morgan fingerprint density at radius 2 is 1.14 bits per heavy atom. The molecule has 0 aromatic rings. The molecule has 0 saturated carbocycles. The highest BCUT2D eigenvalue weighted by Crippen LogP contribution is 2.16. The molecule has 0 bridgehead atoms. The minimum atomic E-state index is -1.10. The molecule has 0 aliphatic carbocycles. The van der Waals surface area contributed by atoms with Crippen molar-refractivity contribution in [2.45, 2.75) is 38.8 Å². The van der Waals surface area contributed by atoms with Gasteiger partial charge >= 0.3 is 11.9 Å². The molecule has 0 unspecified atom stereocenters. The summed E-state index contributed by atoms with van der Waals surface area (Å²) in [5.74, 6) is -2.45. The van der Waals surface area contributed by atoms with Crippen LogP contribution in [0.3, 0.4) is 0 Å². The van der Waals surface area contributed by atoms with Crippen molar-refractivity contribution < 1.29 is 19.8 Å². The Labute approximate surface area is 128 Å². The van der Waals surface area contributed by atoms with Gasteiger partial charge in [0.2, 0.25) is 0 Å². The van der Waals surface area contributed by atoms with Gasteiger partial charge in [-0.25, -0.2) is 0 Å². The van der Waals surface area contributed by atoms with Gasteiger partial charge in [-0.05, 0) is 27.7 Å². The number of rotatable bonds is 8. The largest absolute Gasteiger partial charge is 0.480 e. The molecule has 0 saturated heterocycles. The first-order valence-corrected chi connectivity index (χ1v) is 6.42. The minimum absolute atomic E-state index is 0.125. The van der Waals surface area contributed by atoms with Crippen molar-refractivity contribution in [3.05, 3.63) is 0 Å². The first kappa shape index (κ1) is 19.5. The molecule has 0 spiro atoms. The summed E-state index contributed by atoms with van der Waals surface area (Å²) in [6.07, 6.45) is 0. The second kappa shape index (κ2) is 7.48. The summed E-state index contributed by atoms with van der Waals surface area (Å²) in [4.78, 5) is 20.9. The number of carboxylic acid groups (broad SMARTS) is 2. The molecule has 0 aromatic carbocycles. The number of nitrogens with zero attached hydrogens (tertiary/aromatic N) is 2. The van der Waals surface area contributed by atoms with Crippen LogP contribution < -0.4 is 10.6 Å². The van der Waals surface area contributed by atoms with Crippen LogP contribution in [0.1, 0.15) is 27.7 Å². The Bertz CT molecular complexity index is 454. The normalized spacial score (nSPS) is 12.0. The maximum Gasteiger partial charge on any atom is 0.322 e. The van der Waals surface area contributed by atoms with Gasteiger partial charge in [-0.15, -0.1) is 0 Å². The zero-order valence-electron chi connectivity index (χ0n) is 13.0. The average molecular weight is 314 g/mol. The molecule has 0 heterocycles. The third-order valence-corrected chi connectivity index (χ3v) is 2.61. The highest BCUT2D eigenvalue weighted by Gasteiger charge is 2.28. The summed E-state index contributed by atoms with van der Waals surface area (Å²) in [5.41, 5.74) is -2.19. The molecule has 10 nitrogen and oxygen atoms in total. The number of nitrogens with one attached hydrogen (secondary N) is 4. The highest BCUT2D eigenvalue weighted by atomic mass is 16.4. The van der Waals surface area contributed by atoms with E-state index in [1.165, 1.54) is 0 Å². The lowest BCUT2D eigenvalue weighted by atomic mass is 10.0. The molecule has 0 fully saturated rings. The molecular weight excluding hydrogens is 292 g/mol. The van der Waals surface area contributed by atoms with Gasteiger partial charge in [-0.1, -0.05) is 0 Å². The van der Waals surface area contributed by atoms with Gasteiger partial charge in [0.05, 0.1) is 0 Å². The average Bonchev–Trinajstić information content (AvgIpc) is 2.39. The smallest absolute Gasteiger partial charge is 0.322 e. The van der Waals surface area contributed by atoms with E-state index >= 15 is 0 Å².